The van der Waals surface area contributed by atoms with Crippen molar-refractivity contribution in [1.82, 2.24) is 9.88 Å². The highest BCUT2D eigenvalue weighted by Crippen LogP contribution is 2.25. The molecular weight excluding hydrogens is 290 g/mol. The number of nitrogens with zero attached hydrogens (tertiary/aromatic N) is 2. The summed E-state index contributed by atoms with van der Waals surface area (Å²) in [5.74, 6) is -2.30. The highest BCUT2D eigenvalue weighted by atomic mass is 16.4. The third-order valence-corrected chi connectivity index (χ3v) is 2.93. The number of aryl methyl sites for hydroxylation is 2. The van der Waals surface area contributed by atoms with Crippen LogP contribution in [0.1, 0.15) is 16.8 Å². The van der Waals surface area contributed by atoms with Crippen LogP contribution in [0.25, 0.3) is 6.08 Å². The van der Waals surface area contributed by atoms with Gasteiger partial charge in [0.2, 0.25) is 0 Å². The Labute approximate surface area is 127 Å². The van der Waals surface area contributed by atoms with Gasteiger partial charge in [0.1, 0.15) is 5.75 Å². The SMILES string of the molecule is Cc1cnc(C)c(O)c1C=C(N)CN(CC(=O)O)CC(=O)O. The molecule has 120 valence electrons. The smallest absolute Gasteiger partial charge is 0.317 e. The Kier molecular flexibility index (Phi) is 5.88. The van der Waals surface area contributed by atoms with E-state index in [1.54, 1.807) is 20.0 Å². The van der Waals surface area contributed by atoms with Crippen molar-refractivity contribution >= 4 is 18.0 Å². The van der Waals surface area contributed by atoms with Crippen LogP contribution in [-0.2, 0) is 9.59 Å². The van der Waals surface area contributed by atoms with Crippen LogP contribution >= 0.6 is 0 Å². The predicted octanol–water partition coefficient (Wildman–Crippen LogP) is 0.175. The van der Waals surface area contributed by atoms with Gasteiger partial charge in [-0.05, 0) is 25.5 Å². The molecule has 0 aliphatic carbocycles. The normalized spacial score (nSPS) is 11.7. The number of carboxylic acid groups (broad SMARTS) is 2. The molecule has 0 aliphatic rings. The van der Waals surface area contributed by atoms with E-state index in [2.05, 4.69) is 4.98 Å². The highest BCUT2D eigenvalue weighted by Gasteiger charge is 2.15. The van der Waals surface area contributed by atoms with Gasteiger partial charge in [0.15, 0.2) is 0 Å². The van der Waals surface area contributed by atoms with E-state index < -0.39 is 25.0 Å². The molecule has 0 aromatic carbocycles. The molecule has 8 heteroatoms. The largest absolute Gasteiger partial charge is 0.505 e. The molecule has 0 radical (unpaired) electrons. The minimum atomic E-state index is -1.15. The molecule has 0 spiro atoms. The molecule has 22 heavy (non-hydrogen) atoms. The number of aliphatic carboxylic acids is 2. The van der Waals surface area contributed by atoms with Crippen molar-refractivity contribution in [3.63, 3.8) is 0 Å². The number of aromatic nitrogens is 1. The lowest BCUT2D eigenvalue weighted by Crippen LogP contribution is -2.37. The minimum absolute atomic E-state index is 0.00836. The molecule has 0 saturated heterocycles. The first kappa shape index (κ1) is 17.4. The van der Waals surface area contributed by atoms with Crippen molar-refractivity contribution in [2.45, 2.75) is 13.8 Å². The van der Waals surface area contributed by atoms with Gasteiger partial charge in [-0.3, -0.25) is 19.5 Å². The molecular formula is C14H19N3O5. The Morgan fingerprint density at radius 2 is 1.77 bits per heavy atom. The standard InChI is InChI=1S/C14H19N3O5/c1-8-4-16-9(2)14(22)11(8)3-10(15)5-17(6-12(18)19)7-13(20)21/h3-4,22H,5-7,15H2,1-2H3,(H,18,19)(H,20,21). The molecule has 0 amide bonds. The summed E-state index contributed by atoms with van der Waals surface area (Å²) in [6.45, 7) is 2.46. The van der Waals surface area contributed by atoms with Crippen LogP contribution in [0, 0.1) is 13.8 Å². The Hall–Kier alpha value is -2.61. The van der Waals surface area contributed by atoms with Crippen LogP contribution in [0.3, 0.4) is 0 Å². The lowest BCUT2D eigenvalue weighted by molar-refractivity contribution is -0.141. The van der Waals surface area contributed by atoms with Crippen LogP contribution < -0.4 is 5.73 Å². The van der Waals surface area contributed by atoms with E-state index in [-0.39, 0.29) is 18.0 Å². The molecule has 5 N–H and O–H groups in total. The van der Waals surface area contributed by atoms with Crippen molar-refractivity contribution in [2.24, 2.45) is 5.73 Å². The third-order valence-electron chi connectivity index (χ3n) is 2.93. The van der Waals surface area contributed by atoms with E-state index in [1.165, 1.54) is 11.0 Å². The number of pyridine rings is 1. The molecule has 1 aromatic heterocycles. The van der Waals surface area contributed by atoms with Crippen molar-refractivity contribution in [3.05, 3.63) is 28.7 Å². The summed E-state index contributed by atoms with van der Waals surface area (Å²) in [5, 5.41) is 27.5. The van der Waals surface area contributed by atoms with Crippen molar-refractivity contribution < 1.29 is 24.9 Å². The summed E-state index contributed by atoms with van der Waals surface area (Å²) in [6, 6.07) is 0. The summed E-state index contributed by atoms with van der Waals surface area (Å²) in [7, 11) is 0. The molecule has 0 atom stereocenters. The number of rotatable bonds is 7. The maximum Gasteiger partial charge on any atom is 0.317 e. The molecule has 1 rings (SSSR count). The average molecular weight is 309 g/mol. The monoisotopic (exact) mass is 309 g/mol. The van der Waals surface area contributed by atoms with Gasteiger partial charge in [0, 0.05) is 24.0 Å². The van der Waals surface area contributed by atoms with E-state index >= 15 is 0 Å². The fourth-order valence-corrected chi connectivity index (χ4v) is 1.93. The van der Waals surface area contributed by atoms with E-state index in [1.807, 2.05) is 0 Å². The summed E-state index contributed by atoms with van der Waals surface area (Å²) >= 11 is 0. The van der Waals surface area contributed by atoms with E-state index in [9.17, 15) is 14.7 Å². The van der Waals surface area contributed by atoms with Gasteiger partial charge >= 0.3 is 11.9 Å². The Bertz CT molecular complexity index is 597. The zero-order valence-electron chi connectivity index (χ0n) is 12.4. The zero-order chi connectivity index (χ0) is 16.9. The fourth-order valence-electron chi connectivity index (χ4n) is 1.93. The molecule has 0 aliphatic heterocycles. The van der Waals surface area contributed by atoms with Gasteiger partial charge < -0.3 is 21.1 Å². The second-order valence-electron chi connectivity index (χ2n) is 4.94. The van der Waals surface area contributed by atoms with Crippen LogP contribution in [0.15, 0.2) is 11.9 Å². The Morgan fingerprint density at radius 1 is 1.23 bits per heavy atom. The number of hydrogen-bond acceptors (Lipinski definition) is 6. The van der Waals surface area contributed by atoms with Crippen LogP contribution in [-0.4, -0.2) is 56.8 Å². The quantitative estimate of drug-likeness (QED) is 0.559. The molecule has 0 saturated carbocycles. The Balaban J connectivity index is 2.98. The minimum Gasteiger partial charge on any atom is -0.505 e. The van der Waals surface area contributed by atoms with Gasteiger partial charge in [0.05, 0.1) is 18.8 Å². The first-order valence-corrected chi connectivity index (χ1v) is 6.47. The van der Waals surface area contributed by atoms with Crippen LogP contribution in [0.4, 0.5) is 0 Å². The first-order valence-electron chi connectivity index (χ1n) is 6.47. The fraction of sp³-hybridized carbons (Fsp3) is 0.357. The van der Waals surface area contributed by atoms with Gasteiger partial charge in [0.25, 0.3) is 0 Å². The molecule has 8 nitrogen and oxygen atoms in total. The predicted molar refractivity (Wildman–Crippen MR) is 79.3 cm³/mol. The number of nitrogens with two attached hydrogens (primary N) is 1. The molecule has 0 fully saturated rings. The lowest BCUT2D eigenvalue weighted by Gasteiger charge is -2.18. The van der Waals surface area contributed by atoms with Crippen molar-refractivity contribution in [1.29, 1.82) is 0 Å². The number of carboxylic acids is 2. The first-order chi connectivity index (χ1) is 10.2. The summed E-state index contributed by atoms with van der Waals surface area (Å²) < 4.78 is 0. The average Bonchev–Trinajstić information content (AvgIpc) is 2.37. The van der Waals surface area contributed by atoms with Crippen LogP contribution in [0.2, 0.25) is 0 Å². The highest BCUT2D eigenvalue weighted by molar-refractivity contribution is 5.73. The van der Waals surface area contributed by atoms with Gasteiger partial charge in [-0.15, -0.1) is 0 Å². The molecule has 1 aromatic rings. The van der Waals surface area contributed by atoms with E-state index in [4.69, 9.17) is 15.9 Å². The van der Waals surface area contributed by atoms with Crippen molar-refractivity contribution in [3.8, 4) is 5.75 Å². The maximum absolute atomic E-state index is 10.7. The Morgan fingerprint density at radius 3 is 2.27 bits per heavy atom. The summed E-state index contributed by atoms with van der Waals surface area (Å²) in [6.07, 6.45) is 3.08. The molecule has 0 bridgehead atoms. The van der Waals surface area contributed by atoms with E-state index in [0.29, 0.717) is 16.8 Å². The number of aromatic hydroxyl groups is 1. The lowest BCUT2D eigenvalue weighted by atomic mass is 10.1. The van der Waals surface area contributed by atoms with Crippen LogP contribution in [0.5, 0.6) is 5.75 Å². The van der Waals surface area contributed by atoms with Gasteiger partial charge in [-0.25, -0.2) is 0 Å². The molecule has 0 unspecified atom stereocenters. The number of carbonyl (C=O) groups is 2. The summed E-state index contributed by atoms with van der Waals surface area (Å²) in [5.41, 5.74) is 7.72. The maximum atomic E-state index is 10.7. The van der Waals surface area contributed by atoms with E-state index in [0.717, 1.165) is 0 Å². The van der Waals surface area contributed by atoms with Gasteiger partial charge in [-0.2, -0.15) is 0 Å². The second kappa shape index (κ2) is 7.41. The topological polar surface area (TPSA) is 137 Å². The molecule has 1 heterocycles. The second-order valence-corrected chi connectivity index (χ2v) is 4.94. The van der Waals surface area contributed by atoms with Gasteiger partial charge in [-0.1, -0.05) is 0 Å². The summed E-state index contributed by atoms with van der Waals surface area (Å²) in [4.78, 5) is 26.7. The zero-order valence-corrected chi connectivity index (χ0v) is 12.4. The third kappa shape index (κ3) is 5.06. The van der Waals surface area contributed by atoms with Crippen molar-refractivity contribution in [2.75, 3.05) is 19.6 Å². The number of hydrogen-bond donors (Lipinski definition) is 4.